The number of unbranched alkanes of at least 4 members (excludes halogenated alkanes) is 1. The van der Waals surface area contributed by atoms with Crippen molar-refractivity contribution < 1.29 is 19.1 Å². The van der Waals surface area contributed by atoms with Gasteiger partial charge in [0, 0.05) is 37.2 Å². The number of ether oxygens (including phenoxy) is 2. The molecule has 0 N–H and O–H groups in total. The molecule has 1 fully saturated rings. The third-order valence-corrected chi connectivity index (χ3v) is 6.74. The summed E-state index contributed by atoms with van der Waals surface area (Å²) in [6.45, 7) is 6.38. The van der Waals surface area contributed by atoms with E-state index in [1.165, 1.54) is 4.90 Å². The Kier molecular flexibility index (Phi) is 6.06. The molecule has 3 aliphatic heterocycles. The number of carbonyl (C=O) groups excluding carboxylic acids is 2. The van der Waals surface area contributed by atoms with E-state index in [1.807, 2.05) is 6.07 Å². The molecule has 168 valence electrons. The summed E-state index contributed by atoms with van der Waals surface area (Å²) in [6, 6.07) is 11.1. The van der Waals surface area contributed by atoms with Crippen molar-refractivity contribution in [1.29, 1.82) is 0 Å². The van der Waals surface area contributed by atoms with E-state index < -0.39 is 0 Å². The molecule has 8 heteroatoms. The molecule has 0 unspecified atom stereocenters. The SMILES string of the molecule is O=C1c2ccccc2C(=O)N1CCCCN1CCN(c2cc(Br)cc3c2OCCO3)CC1. The molecular formula is C24H26BrN3O4. The van der Waals surface area contributed by atoms with E-state index in [9.17, 15) is 9.59 Å². The van der Waals surface area contributed by atoms with E-state index in [2.05, 4.69) is 31.8 Å². The summed E-state index contributed by atoms with van der Waals surface area (Å²) in [7, 11) is 0. The summed E-state index contributed by atoms with van der Waals surface area (Å²) in [4.78, 5) is 31.1. The Labute approximate surface area is 196 Å². The standard InChI is InChI=1S/C24H26BrN3O4/c25-17-15-20(22-21(16-17)31-13-14-32-22)27-11-9-26(10-12-27)7-3-4-8-28-23(29)18-5-1-2-6-19(18)24(28)30/h1-2,5-6,15-16H,3-4,7-14H2. The fourth-order valence-electron chi connectivity index (χ4n) is 4.60. The van der Waals surface area contributed by atoms with Crippen LogP contribution in [0.25, 0.3) is 0 Å². The van der Waals surface area contributed by atoms with E-state index >= 15 is 0 Å². The van der Waals surface area contributed by atoms with Crippen LogP contribution in [0.15, 0.2) is 40.9 Å². The number of hydrogen-bond donors (Lipinski definition) is 0. The Morgan fingerprint density at radius 1 is 0.844 bits per heavy atom. The number of carbonyl (C=O) groups is 2. The highest BCUT2D eigenvalue weighted by molar-refractivity contribution is 9.10. The van der Waals surface area contributed by atoms with E-state index in [1.54, 1.807) is 24.3 Å². The van der Waals surface area contributed by atoms with Gasteiger partial charge in [0.15, 0.2) is 11.5 Å². The van der Waals surface area contributed by atoms with E-state index in [0.29, 0.717) is 30.9 Å². The molecule has 2 aromatic carbocycles. The summed E-state index contributed by atoms with van der Waals surface area (Å²) in [6.07, 6.45) is 1.77. The lowest BCUT2D eigenvalue weighted by atomic mass is 10.1. The first-order valence-electron chi connectivity index (χ1n) is 11.1. The van der Waals surface area contributed by atoms with Gasteiger partial charge in [0.1, 0.15) is 13.2 Å². The maximum atomic E-state index is 12.5. The number of halogens is 1. The van der Waals surface area contributed by atoms with Crippen LogP contribution in [0.5, 0.6) is 11.5 Å². The van der Waals surface area contributed by atoms with Gasteiger partial charge in [-0.3, -0.25) is 19.4 Å². The zero-order valence-electron chi connectivity index (χ0n) is 17.9. The van der Waals surface area contributed by atoms with Crippen molar-refractivity contribution in [1.82, 2.24) is 9.80 Å². The topological polar surface area (TPSA) is 62.3 Å². The second kappa shape index (κ2) is 9.11. The molecule has 0 bridgehead atoms. The minimum absolute atomic E-state index is 0.164. The molecule has 0 radical (unpaired) electrons. The quantitative estimate of drug-likeness (QED) is 0.448. The zero-order valence-corrected chi connectivity index (χ0v) is 19.5. The van der Waals surface area contributed by atoms with Crippen molar-refractivity contribution in [2.45, 2.75) is 12.8 Å². The molecule has 2 amide bonds. The number of hydrogen-bond acceptors (Lipinski definition) is 6. The highest BCUT2D eigenvalue weighted by atomic mass is 79.9. The van der Waals surface area contributed by atoms with Crippen LogP contribution >= 0.6 is 15.9 Å². The number of benzene rings is 2. The Balaban J connectivity index is 1.10. The second-order valence-electron chi connectivity index (χ2n) is 8.29. The predicted octanol–water partition coefficient (Wildman–Crippen LogP) is 3.42. The Bertz CT molecular complexity index is 1000. The minimum atomic E-state index is -0.164. The highest BCUT2D eigenvalue weighted by Gasteiger charge is 2.34. The largest absolute Gasteiger partial charge is 0.486 e. The number of nitrogens with zero attached hydrogens (tertiary/aromatic N) is 3. The monoisotopic (exact) mass is 499 g/mol. The summed E-state index contributed by atoms with van der Waals surface area (Å²) < 4.78 is 12.6. The van der Waals surface area contributed by atoms with E-state index in [4.69, 9.17) is 9.47 Å². The fraction of sp³-hybridized carbons (Fsp3) is 0.417. The molecule has 32 heavy (non-hydrogen) atoms. The van der Waals surface area contributed by atoms with Crippen LogP contribution in [0.4, 0.5) is 5.69 Å². The molecule has 1 saturated heterocycles. The summed E-state index contributed by atoms with van der Waals surface area (Å²) >= 11 is 3.58. The number of rotatable bonds is 6. The maximum absolute atomic E-state index is 12.5. The van der Waals surface area contributed by atoms with Crippen LogP contribution in [-0.2, 0) is 0 Å². The van der Waals surface area contributed by atoms with Crippen LogP contribution in [0.2, 0.25) is 0 Å². The lowest BCUT2D eigenvalue weighted by Crippen LogP contribution is -2.47. The zero-order chi connectivity index (χ0) is 22.1. The Morgan fingerprint density at radius 2 is 1.50 bits per heavy atom. The van der Waals surface area contributed by atoms with Gasteiger partial charge in [-0.1, -0.05) is 28.1 Å². The summed E-state index contributed by atoms with van der Waals surface area (Å²) in [5.41, 5.74) is 2.13. The fourth-order valence-corrected chi connectivity index (χ4v) is 5.02. The van der Waals surface area contributed by atoms with Crippen molar-refractivity contribution in [2.75, 3.05) is 57.4 Å². The van der Waals surface area contributed by atoms with Gasteiger partial charge in [0.2, 0.25) is 0 Å². The molecule has 2 aromatic rings. The minimum Gasteiger partial charge on any atom is -0.486 e. The van der Waals surface area contributed by atoms with Gasteiger partial charge >= 0.3 is 0 Å². The molecule has 0 aliphatic carbocycles. The Morgan fingerprint density at radius 3 is 2.22 bits per heavy atom. The molecule has 5 rings (SSSR count). The molecule has 0 saturated carbocycles. The van der Waals surface area contributed by atoms with Gasteiger partial charge in [-0.15, -0.1) is 0 Å². The highest BCUT2D eigenvalue weighted by Crippen LogP contribution is 2.42. The number of piperazine rings is 1. The van der Waals surface area contributed by atoms with Gasteiger partial charge < -0.3 is 14.4 Å². The maximum Gasteiger partial charge on any atom is 0.261 e. The van der Waals surface area contributed by atoms with Crippen LogP contribution in [-0.4, -0.2) is 74.1 Å². The molecular weight excluding hydrogens is 474 g/mol. The number of amides is 2. The smallest absolute Gasteiger partial charge is 0.261 e. The second-order valence-corrected chi connectivity index (χ2v) is 9.21. The lowest BCUT2D eigenvalue weighted by Gasteiger charge is -2.37. The van der Waals surface area contributed by atoms with E-state index in [0.717, 1.165) is 67.2 Å². The first kappa shape index (κ1) is 21.3. The van der Waals surface area contributed by atoms with Gasteiger partial charge in [-0.05, 0) is 43.7 Å². The summed E-state index contributed by atoms with van der Waals surface area (Å²) in [5, 5.41) is 0. The molecule has 3 heterocycles. The molecule has 0 atom stereocenters. The molecule has 3 aliphatic rings. The number of imide groups is 1. The van der Waals surface area contributed by atoms with Gasteiger partial charge in [0.05, 0.1) is 16.8 Å². The van der Waals surface area contributed by atoms with E-state index in [-0.39, 0.29) is 11.8 Å². The lowest BCUT2D eigenvalue weighted by molar-refractivity contribution is 0.0650. The van der Waals surface area contributed by atoms with Crippen LogP contribution in [0.3, 0.4) is 0 Å². The van der Waals surface area contributed by atoms with Crippen LogP contribution in [0.1, 0.15) is 33.6 Å². The van der Waals surface area contributed by atoms with Crippen molar-refractivity contribution in [3.05, 3.63) is 52.0 Å². The van der Waals surface area contributed by atoms with Gasteiger partial charge in [0.25, 0.3) is 11.8 Å². The summed E-state index contributed by atoms with van der Waals surface area (Å²) in [5.74, 6) is 1.32. The molecule has 0 spiro atoms. The van der Waals surface area contributed by atoms with Crippen molar-refractivity contribution in [2.24, 2.45) is 0 Å². The number of anilines is 1. The first-order chi connectivity index (χ1) is 15.6. The van der Waals surface area contributed by atoms with Crippen LogP contribution in [0, 0.1) is 0 Å². The first-order valence-corrected chi connectivity index (χ1v) is 11.9. The molecule has 7 nitrogen and oxygen atoms in total. The van der Waals surface area contributed by atoms with Crippen molar-refractivity contribution in [3.63, 3.8) is 0 Å². The van der Waals surface area contributed by atoms with Crippen molar-refractivity contribution >= 4 is 33.4 Å². The van der Waals surface area contributed by atoms with Crippen LogP contribution < -0.4 is 14.4 Å². The third kappa shape index (κ3) is 4.09. The van der Waals surface area contributed by atoms with Gasteiger partial charge in [-0.2, -0.15) is 0 Å². The van der Waals surface area contributed by atoms with Crippen molar-refractivity contribution in [3.8, 4) is 11.5 Å². The molecule has 0 aromatic heterocycles. The average molecular weight is 500 g/mol. The van der Waals surface area contributed by atoms with Gasteiger partial charge in [-0.25, -0.2) is 0 Å². The number of fused-ring (bicyclic) bond motifs is 2. The Hall–Kier alpha value is -2.58. The average Bonchev–Trinajstić information content (AvgIpc) is 3.06. The normalized spacial score (nSPS) is 18.3. The third-order valence-electron chi connectivity index (χ3n) is 6.28. The predicted molar refractivity (Wildman–Crippen MR) is 125 cm³/mol.